The highest BCUT2D eigenvalue weighted by Crippen LogP contribution is 2.28. The van der Waals surface area contributed by atoms with Crippen molar-refractivity contribution in [3.05, 3.63) is 75.5 Å². The Labute approximate surface area is 188 Å². The van der Waals surface area contributed by atoms with Crippen molar-refractivity contribution in [1.29, 1.82) is 0 Å². The molecule has 7 nitrogen and oxygen atoms in total. The highest BCUT2D eigenvalue weighted by molar-refractivity contribution is 9.10. The zero-order valence-corrected chi connectivity index (χ0v) is 18.7. The Kier molecular flexibility index (Phi) is 6.36. The first-order chi connectivity index (χ1) is 15.0. The number of methoxy groups -OCH3 is 1. The van der Waals surface area contributed by atoms with Crippen molar-refractivity contribution < 1.29 is 14.3 Å². The topological polar surface area (TPSA) is 85.2 Å². The summed E-state index contributed by atoms with van der Waals surface area (Å²) in [6.07, 6.45) is 3.41. The monoisotopic (exact) mass is 482 g/mol. The van der Waals surface area contributed by atoms with Gasteiger partial charge in [-0.15, -0.1) is 0 Å². The number of nitrogens with one attached hydrogen (secondary N) is 2. The van der Waals surface area contributed by atoms with Crippen molar-refractivity contribution in [2.24, 2.45) is 0 Å². The van der Waals surface area contributed by atoms with Gasteiger partial charge in [0.05, 0.1) is 12.8 Å². The van der Waals surface area contributed by atoms with E-state index in [0.29, 0.717) is 17.9 Å². The SMILES string of the molecule is COC(=O)Nc1ccc(CNC(=O)c2nn(-c3cccc(Br)c3)c3c2CCCC3)cc1. The van der Waals surface area contributed by atoms with E-state index in [2.05, 4.69) is 31.3 Å². The third-order valence-electron chi connectivity index (χ3n) is 5.29. The molecule has 160 valence electrons. The minimum atomic E-state index is -0.521. The first-order valence-electron chi connectivity index (χ1n) is 10.1. The lowest BCUT2D eigenvalue weighted by atomic mass is 9.95. The van der Waals surface area contributed by atoms with E-state index in [1.54, 1.807) is 12.1 Å². The lowest BCUT2D eigenvalue weighted by Crippen LogP contribution is -2.24. The maximum Gasteiger partial charge on any atom is 0.411 e. The van der Waals surface area contributed by atoms with Crippen molar-refractivity contribution in [3.8, 4) is 5.69 Å². The second-order valence-corrected chi connectivity index (χ2v) is 8.28. The van der Waals surface area contributed by atoms with E-state index in [4.69, 9.17) is 5.10 Å². The smallest absolute Gasteiger partial charge is 0.411 e. The van der Waals surface area contributed by atoms with Gasteiger partial charge in [-0.05, 0) is 61.6 Å². The molecule has 2 amide bonds. The van der Waals surface area contributed by atoms with Gasteiger partial charge in [-0.2, -0.15) is 5.10 Å². The molecular formula is C23H23BrN4O3. The van der Waals surface area contributed by atoms with Crippen LogP contribution in [-0.4, -0.2) is 28.9 Å². The number of aromatic nitrogens is 2. The van der Waals surface area contributed by atoms with E-state index >= 15 is 0 Å². The Balaban J connectivity index is 1.50. The molecule has 0 unspecified atom stereocenters. The molecule has 1 aromatic heterocycles. The van der Waals surface area contributed by atoms with E-state index in [-0.39, 0.29) is 5.91 Å². The number of ether oxygens (including phenoxy) is 1. The molecule has 0 aliphatic heterocycles. The largest absolute Gasteiger partial charge is 0.453 e. The third-order valence-corrected chi connectivity index (χ3v) is 5.78. The van der Waals surface area contributed by atoms with E-state index in [1.807, 2.05) is 41.1 Å². The molecule has 0 fully saturated rings. The predicted octanol–water partition coefficient (Wildman–Crippen LogP) is 4.62. The van der Waals surface area contributed by atoms with Gasteiger partial charge >= 0.3 is 6.09 Å². The molecule has 0 saturated heterocycles. The van der Waals surface area contributed by atoms with Crippen LogP contribution >= 0.6 is 15.9 Å². The summed E-state index contributed by atoms with van der Waals surface area (Å²) in [4.78, 5) is 24.3. The Morgan fingerprint density at radius 2 is 1.90 bits per heavy atom. The minimum absolute atomic E-state index is 0.177. The number of amides is 2. The first-order valence-corrected chi connectivity index (χ1v) is 10.9. The second-order valence-electron chi connectivity index (χ2n) is 7.37. The van der Waals surface area contributed by atoms with Crippen LogP contribution in [0.2, 0.25) is 0 Å². The van der Waals surface area contributed by atoms with Gasteiger partial charge in [-0.1, -0.05) is 34.1 Å². The third kappa shape index (κ3) is 4.80. The number of benzene rings is 2. The molecule has 2 N–H and O–H groups in total. The fourth-order valence-corrected chi connectivity index (χ4v) is 4.13. The highest BCUT2D eigenvalue weighted by atomic mass is 79.9. The number of fused-ring (bicyclic) bond motifs is 1. The van der Waals surface area contributed by atoms with Gasteiger partial charge in [0.25, 0.3) is 5.91 Å². The molecule has 4 rings (SSSR count). The van der Waals surface area contributed by atoms with Crippen molar-refractivity contribution in [3.63, 3.8) is 0 Å². The number of nitrogens with zero attached hydrogens (tertiary/aromatic N) is 2. The Morgan fingerprint density at radius 3 is 2.65 bits per heavy atom. The van der Waals surface area contributed by atoms with Crippen LogP contribution in [0.5, 0.6) is 0 Å². The average molecular weight is 483 g/mol. The van der Waals surface area contributed by atoms with Gasteiger partial charge in [0.15, 0.2) is 5.69 Å². The van der Waals surface area contributed by atoms with Crippen LogP contribution in [0.1, 0.15) is 40.2 Å². The molecule has 0 saturated carbocycles. The lowest BCUT2D eigenvalue weighted by Gasteiger charge is -2.14. The number of carbonyl (C=O) groups excluding carboxylic acids is 2. The number of carbonyl (C=O) groups is 2. The van der Waals surface area contributed by atoms with Gasteiger partial charge in [-0.3, -0.25) is 10.1 Å². The van der Waals surface area contributed by atoms with Gasteiger partial charge in [0, 0.05) is 28.0 Å². The maximum absolute atomic E-state index is 13.0. The standard InChI is InChI=1S/C23H23BrN4O3/c1-31-23(30)26-17-11-9-15(10-12-17)14-25-22(29)21-19-7-2-3-8-20(19)28(27-21)18-6-4-5-16(24)13-18/h4-6,9-13H,2-3,7-8,14H2,1H3,(H,25,29)(H,26,30). The molecule has 2 aromatic carbocycles. The Morgan fingerprint density at radius 1 is 1.13 bits per heavy atom. The zero-order valence-electron chi connectivity index (χ0n) is 17.2. The fraction of sp³-hybridized carbons (Fsp3) is 0.261. The molecule has 3 aromatic rings. The van der Waals surface area contributed by atoms with Crippen LogP contribution in [-0.2, 0) is 24.1 Å². The fourth-order valence-electron chi connectivity index (χ4n) is 3.74. The molecule has 0 spiro atoms. The number of anilines is 1. The second kappa shape index (κ2) is 9.34. The van der Waals surface area contributed by atoms with Crippen LogP contribution in [0.25, 0.3) is 5.69 Å². The summed E-state index contributed by atoms with van der Waals surface area (Å²) < 4.78 is 7.46. The summed E-state index contributed by atoms with van der Waals surface area (Å²) in [5.41, 5.74) is 5.15. The van der Waals surface area contributed by atoms with Gasteiger partial charge < -0.3 is 10.1 Å². The summed E-state index contributed by atoms with van der Waals surface area (Å²) in [7, 11) is 1.32. The Bertz CT molecular complexity index is 1110. The molecule has 1 aliphatic carbocycles. The molecule has 8 heteroatoms. The maximum atomic E-state index is 13.0. The normalized spacial score (nSPS) is 12.7. The quantitative estimate of drug-likeness (QED) is 0.555. The molecule has 0 radical (unpaired) electrons. The summed E-state index contributed by atoms with van der Waals surface area (Å²) in [6.45, 7) is 0.371. The molecular weight excluding hydrogens is 460 g/mol. The summed E-state index contributed by atoms with van der Waals surface area (Å²) >= 11 is 3.51. The van der Waals surface area contributed by atoms with Crippen LogP contribution < -0.4 is 10.6 Å². The summed E-state index contributed by atoms with van der Waals surface area (Å²) in [5, 5.41) is 10.3. The lowest BCUT2D eigenvalue weighted by molar-refractivity contribution is 0.0944. The highest BCUT2D eigenvalue weighted by Gasteiger charge is 2.25. The molecule has 0 atom stereocenters. The Hall–Kier alpha value is -3.13. The zero-order chi connectivity index (χ0) is 21.8. The molecule has 1 heterocycles. The molecule has 31 heavy (non-hydrogen) atoms. The summed E-state index contributed by atoms with van der Waals surface area (Å²) in [6, 6.07) is 15.2. The van der Waals surface area contributed by atoms with Gasteiger partial charge in [0.2, 0.25) is 0 Å². The van der Waals surface area contributed by atoms with Crippen LogP contribution in [0.3, 0.4) is 0 Å². The summed E-state index contributed by atoms with van der Waals surface area (Å²) in [5.74, 6) is -0.177. The van der Waals surface area contributed by atoms with Gasteiger partial charge in [-0.25, -0.2) is 9.48 Å². The number of halogens is 1. The molecule has 1 aliphatic rings. The van der Waals surface area contributed by atoms with Crippen LogP contribution in [0.15, 0.2) is 53.0 Å². The predicted molar refractivity (Wildman–Crippen MR) is 122 cm³/mol. The van der Waals surface area contributed by atoms with Crippen molar-refractivity contribution >= 4 is 33.6 Å². The van der Waals surface area contributed by atoms with E-state index in [0.717, 1.165) is 52.7 Å². The minimum Gasteiger partial charge on any atom is -0.453 e. The van der Waals surface area contributed by atoms with E-state index in [9.17, 15) is 9.59 Å². The van der Waals surface area contributed by atoms with Crippen molar-refractivity contribution in [2.75, 3.05) is 12.4 Å². The number of hydrogen-bond acceptors (Lipinski definition) is 4. The number of rotatable bonds is 5. The van der Waals surface area contributed by atoms with E-state index < -0.39 is 6.09 Å². The average Bonchev–Trinajstić information content (AvgIpc) is 3.18. The first kappa shape index (κ1) is 21.1. The van der Waals surface area contributed by atoms with Crippen LogP contribution in [0, 0.1) is 0 Å². The van der Waals surface area contributed by atoms with Crippen molar-refractivity contribution in [1.82, 2.24) is 15.1 Å². The van der Waals surface area contributed by atoms with Crippen molar-refractivity contribution in [2.45, 2.75) is 32.2 Å². The molecule has 0 bridgehead atoms. The van der Waals surface area contributed by atoms with Gasteiger partial charge in [0.1, 0.15) is 0 Å². The van der Waals surface area contributed by atoms with Crippen LogP contribution in [0.4, 0.5) is 10.5 Å². The number of hydrogen-bond donors (Lipinski definition) is 2. The van der Waals surface area contributed by atoms with E-state index in [1.165, 1.54) is 7.11 Å².